The summed E-state index contributed by atoms with van der Waals surface area (Å²) in [6.07, 6.45) is 4.44. The van der Waals surface area contributed by atoms with Crippen molar-refractivity contribution in [3.63, 3.8) is 0 Å². The first-order valence-corrected chi connectivity index (χ1v) is 8.06. The van der Waals surface area contributed by atoms with Crippen LogP contribution in [0.25, 0.3) is 6.08 Å². The van der Waals surface area contributed by atoms with Crippen LogP contribution in [0.5, 0.6) is 5.75 Å². The van der Waals surface area contributed by atoms with Crippen molar-refractivity contribution in [1.29, 1.82) is 0 Å². The zero-order valence-corrected chi connectivity index (χ0v) is 12.9. The molecular weight excluding hydrogens is 280 g/mol. The van der Waals surface area contributed by atoms with Crippen LogP contribution < -0.4 is 4.74 Å². The Balaban J connectivity index is 1.88. The highest BCUT2D eigenvalue weighted by Crippen LogP contribution is 2.37. The van der Waals surface area contributed by atoms with Crippen molar-refractivity contribution >= 4 is 23.2 Å². The van der Waals surface area contributed by atoms with Gasteiger partial charge in [-0.05, 0) is 47.9 Å². The summed E-state index contributed by atoms with van der Waals surface area (Å²) in [5.41, 5.74) is 1.90. The Bertz CT molecular complexity index is 656. The zero-order chi connectivity index (χ0) is 14.7. The third-order valence-electron chi connectivity index (χ3n) is 3.96. The van der Waals surface area contributed by atoms with Crippen molar-refractivity contribution in [1.82, 2.24) is 0 Å². The third kappa shape index (κ3) is 3.08. The number of thiophene rings is 1. The lowest BCUT2D eigenvalue weighted by atomic mass is 9.83. The van der Waals surface area contributed by atoms with Gasteiger partial charge in [0.05, 0.1) is 7.11 Å². The van der Waals surface area contributed by atoms with Crippen molar-refractivity contribution in [3.05, 3.63) is 57.8 Å². The minimum Gasteiger partial charge on any atom is -0.496 e. The summed E-state index contributed by atoms with van der Waals surface area (Å²) in [5, 5.41) is 2.11. The van der Waals surface area contributed by atoms with E-state index in [1.54, 1.807) is 18.4 Å². The molecule has 3 heteroatoms. The maximum atomic E-state index is 12.2. The van der Waals surface area contributed by atoms with Crippen LogP contribution >= 0.6 is 11.3 Å². The molecule has 1 atom stereocenters. The van der Waals surface area contributed by atoms with Gasteiger partial charge in [-0.25, -0.2) is 0 Å². The van der Waals surface area contributed by atoms with E-state index >= 15 is 0 Å². The van der Waals surface area contributed by atoms with Crippen LogP contribution in [0.2, 0.25) is 0 Å². The first-order valence-electron chi connectivity index (χ1n) is 7.18. The van der Waals surface area contributed by atoms with Gasteiger partial charge in [-0.15, -0.1) is 11.3 Å². The van der Waals surface area contributed by atoms with Gasteiger partial charge in [-0.1, -0.05) is 24.3 Å². The largest absolute Gasteiger partial charge is 0.496 e. The number of rotatable bonds is 3. The minimum absolute atomic E-state index is 0.272. The molecule has 1 aliphatic carbocycles. The van der Waals surface area contributed by atoms with Crippen molar-refractivity contribution in [3.8, 4) is 5.75 Å². The van der Waals surface area contributed by atoms with Gasteiger partial charge in [-0.3, -0.25) is 4.79 Å². The second kappa shape index (κ2) is 6.27. The molecule has 2 nitrogen and oxygen atoms in total. The summed E-state index contributed by atoms with van der Waals surface area (Å²) >= 11 is 1.78. The lowest BCUT2D eigenvalue weighted by Crippen LogP contribution is -2.15. The quantitative estimate of drug-likeness (QED) is 0.769. The molecule has 0 spiro atoms. The lowest BCUT2D eigenvalue weighted by Gasteiger charge is -2.22. The molecule has 1 saturated carbocycles. The molecule has 0 bridgehead atoms. The van der Waals surface area contributed by atoms with Gasteiger partial charge in [0, 0.05) is 16.9 Å². The molecule has 1 fully saturated rings. The Labute approximate surface area is 129 Å². The molecule has 1 aromatic heterocycles. The molecule has 108 valence electrons. The molecule has 0 N–H and O–H groups in total. The van der Waals surface area contributed by atoms with Gasteiger partial charge in [0.1, 0.15) is 5.75 Å². The van der Waals surface area contributed by atoms with Crippen LogP contribution in [0.15, 0.2) is 47.4 Å². The average Bonchev–Trinajstić information content (AvgIpc) is 3.04. The predicted molar refractivity (Wildman–Crippen MR) is 86.9 cm³/mol. The number of benzene rings is 1. The molecule has 1 aliphatic rings. The molecular formula is C18H18O2S. The highest BCUT2D eigenvalue weighted by Gasteiger charge is 2.25. The number of para-hydroxylation sites is 1. The van der Waals surface area contributed by atoms with Crippen molar-refractivity contribution in [2.45, 2.75) is 25.2 Å². The van der Waals surface area contributed by atoms with E-state index in [1.807, 2.05) is 30.3 Å². The third-order valence-corrected chi connectivity index (χ3v) is 4.99. The summed E-state index contributed by atoms with van der Waals surface area (Å²) in [5.74, 6) is 1.56. The number of hydrogen-bond acceptors (Lipinski definition) is 3. The number of carbonyl (C=O) groups is 1. The SMILES string of the molecule is COc1ccccc1/C=C1/CC(c2cccs2)CCC1=O. The number of ether oxygens (including phenoxy) is 1. The lowest BCUT2D eigenvalue weighted by molar-refractivity contribution is -0.116. The molecule has 0 amide bonds. The fourth-order valence-electron chi connectivity index (χ4n) is 2.83. The van der Waals surface area contributed by atoms with Gasteiger partial charge in [-0.2, -0.15) is 0 Å². The normalized spacial score (nSPS) is 20.7. The number of hydrogen-bond donors (Lipinski definition) is 0. The first kappa shape index (κ1) is 14.1. The highest BCUT2D eigenvalue weighted by molar-refractivity contribution is 7.10. The standard InChI is InChI=1S/C18H18O2S/c1-20-17-6-3-2-5-13(17)11-15-12-14(8-9-16(15)19)18-7-4-10-21-18/h2-7,10-11,14H,8-9,12H2,1H3/b15-11-. The molecule has 21 heavy (non-hydrogen) atoms. The number of allylic oxidation sites excluding steroid dienone is 1. The van der Waals surface area contributed by atoms with Crippen LogP contribution in [-0.4, -0.2) is 12.9 Å². The molecule has 0 radical (unpaired) electrons. The van der Waals surface area contributed by atoms with Crippen LogP contribution in [0.4, 0.5) is 0 Å². The van der Waals surface area contributed by atoms with Crippen molar-refractivity contribution in [2.75, 3.05) is 7.11 Å². The molecule has 1 heterocycles. The minimum atomic E-state index is 0.272. The van der Waals surface area contributed by atoms with Gasteiger partial charge in [0.25, 0.3) is 0 Å². The molecule has 0 aliphatic heterocycles. The van der Waals surface area contributed by atoms with E-state index in [1.165, 1.54) is 4.88 Å². The van der Waals surface area contributed by atoms with E-state index in [2.05, 4.69) is 17.5 Å². The Kier molecular flexibility index (Phi) is 4.20. The topological polar surface area (TPSA) is 26.3 Å². The van der Waals surface area contributed by atoms with E-state index in [0.29, 0.717) is 12.3 Å². The average molecular weight is 298 g/mol. The predicted octanol–water partition coefficient (Wildman–Crippen LogP) is 4.68. The van der Waals surface area contributed by atoms with E-state index in [4.69, 9.17) is 4.74 Å². The molecule has 2 aromatic rings. The zero-order valence-electron chi connectivity index (χ0n) is 12.0. The summed E-state index contributed by atoms with van der Waals surface area (Å²) in [6, 6.07) is 12.1. The van der Waals surface area contributed by atoms with Crippen LogP contribution in [0.3, 0.4) is 0 Å². The molecule has 3 rings (SSSR count). The van der Waals surface area contributed by atoms with Gasteiger partial charge in [0.15, 0.2) is 5.78 Å². The van der Waals surface area contributed by atoms with Gasteiger partial charge >= 0.3 is 0 Å². The monoisotopic (exact) mass is 298 g/mol. The number of ketones is 1. The Morgan fingerprint density at radius 3 is 2.86 bits per heavy atom. The first-order chi connectivity index (χ1) is 10.3. The summed E-state index contributed by atoms with van der Waals surface area (Å²) in [7, 11) is 1.66. The van der Waals surface area contributed by atoms with E-state index in [-0.39, 0.29) is 5.78 Å². The van der Waals surface area contributed by atoms with Crippen LogP contribution in [0, 0.1) is 0 Å². The van der Waals surface area contributed by atoms with E-state index in [0.717, 1.165) is 29.7 Å². The van der Waals surface area contributed by atoms with Gasteiger partial charge in [0.2, 0.25) is 0 Å². The smallest absolute Gasteiger partial charge is 0.158 e. The Morgan fingerprint density at radius 2 is 2.10 bits per heavy atom. The summed E-state index contributed by atoms with van der Waals surface area (Å²) < 4.78 is 5.37. The van der Waals surface area contributed by atoms with Crippen LogP contribution in [0.1, 0.15) is 35.6 Å². The van der Waals surface area contributed by atoms with Crippen molar-refractivity contribution in [2.24, 2.45) is 0 Å². The highest BCUT2D eigenvalue weighted by atomic mass is 32.1. The van der Waals surface area contributed by atoms with E-state index in [9.17, 15) is 4.79 Å². The Morgan fingerprint density at radius 1 is 1.24 bits per heavy atom. The molecule has 1 unspecified atom stereocenters. The molecule has 1 aromatic carbocycles. The van der Waals surface area contributed by atoms with E-state index < -0.39 is 0 Å². The van der Waals surface area contributed by atoms with Crippen LogP contribution in [-0.2, 0) is 4.79 Å². The Hall–Kier alpha value is -1.87. The summed E-state index contributed by atoms with van der Waals surface area (Å²) in [4.78, 5) is 13.6. The maximum absolute atomic E-state index is 12.2. The second-order valence-corrected chi connectivity index (χ2v) is 6.27. The summed E-state index contributed by atoms with van der Waals surface area (Å²) in [6.45, 7) is 0. The van der Waals surface area contributed by atoms with Crippen molar-refractivity contribution < 1.29 is 9.53 Å². The van der Waals surface area contributed by atoms with Gasteiger partial charge < -0.3 is 4.74 Å². The fourth-order valence-corrected chi connectivity index (χ4v) is 3.69. The number of methoxy groups -OCH3 is 1. The maximum Gasteiger partial charge on any atom is 0.158 e. The number of Topliss-reactive ketones (excluding diaryl/α,β-unsaturated/α-hetero) is 1. The number of carbonyl (C=O) groups excluding carboxylic acids is 1. The second-order valence-electron chi connectivity index (χ2n) is 5.29. The fraction of sp³-hybridized carbons (Fsp3) is 0.278. The molecule has 0 saturated heterocycles.